The van der Waals surface area contributed by atoms with Crippen molar-refractivity contribution in [2.45, 2.75) is 13.0 Å². The third-order valence-corrected chi connectivity index (χ3v) is 6.21. The molecule has 10 nitrogen and oxygen atoms in total. The molecule has 5 rings (SSSR count). The van der Waals surface area contributed by atoms with Gasteiger partial charge in [0.15, 0.2) is 0 Å². The third-order valence-electron chi connectivity index (χ3n) is 6.21. The second-order valence-electron chi connectivity index (χ2n) is 8.62. The van der Waals surface area contributed by atoms with Crippen LogP contribution in [0.1, 0.15) is 29.0 Å². The molecule has 0 radical (unpaired) electrons. The second kappa shape index (κ2) is 10.0. The molecule has 0 bridgehead atoms. The lowest BCUT2D eigenvalue weighted by Gasteiger charge is -2.22. The Morgan fingerprint density at radius 2 is 1.84 bits per heavy atom. The number of carbonyl (C=O) groups is 1. The summed E-state index contributed by atoms with van der Waals surface area (Å²) < 4.78 is 6.95. The molecule has 1 atom stereocenters. The van der Waals surface area contributed by atoms with Crippen molar-refractivity contribution in [3.8, 4) is 22.7 Å². The molecule has 5 N–H and O–H groups in total. The van der Waals surface area contributed by atoms with Gasteiger partial charge in [0.25, 0.3) is 11.5 Å². The molecule has 0 saturated heterocycles. The minimum absolute atomic E-state index is 0.0129. The molecule has 1 unspecified atom stereocenters. The zero-order valence-corrected chi connectivity index (χ0v) is 20.8. The normalized spacial score (nSPS) is 11.7. The molecule has 1 amide bonds. The molecule has 0 fully saturated rings. The SMILES string of the molecule is COc1cc(-c2cccc3cc(C(C)Nc4nc(N)ncc4C(N)=O)n(-c4ccccc4)c(=O)c23)ccn1. The summed E-state index contributed by atoms with van der Waals surface area (Å²) in [5.74, 6) is -0.0776. The fourth-order valence-electron chi connectivity index (χ4n) is 4.44. The molecule has 5 aromatic rings. The van der Waals surface area contributed by atoms with Crippen LogP contribution in [0.25, 0.3) is 27.6 Å². The molecule has 38 heavy (non-hydrogen) atoms. The van der Waals surface area contributed by atoms with E-state index in [0.717, 1.165) is 16.5 Å². The van der Waals surface area contributed by atoms with Crippen LogP contribution in [0.5, 0.6) is 5.88 Å². The summed E-state index contributed by atoms with van der Waals surface area (Å²) in [5, 5.41) is 4.49. The van der Waals surface area contributed by atoms with Crippen LogP contribution in [0.15, 0.2) is 83.9 Å². The summed E-state index contributed by atoms with van der Waals surface area (Å²) >= 11 is 0. The summed E-state index contributed by atoms with van der Waals surface area (Å²) in [7, 11) is 1.55. The number of nitrogens with two attached hydrogens (primary N) is 2. The number of hydrogen-bond acceptors (Lipinski definition) is 8. The third kappa shape index (κ3) is 4.50. The molecule has 10 heteroatoms. The lowest BCUT2D eigenvalue weighted by molar-refractivity contribution is 0.100. The number of nitrogen functional groups attached to an aromatic ring is 1. The van der Waals surface area contributed by atoms with Gasteiger partial charge in [-0.1, -0.05) is 36.4 Å². The number of benzene rings is 2. The van der Waals surface area contributed by atoms with Crippen molar-refractivity contribution in [1.29, 1.82) is 0 Å². The molecule has 3 aromatic heterocycles. The number of hydrogen-bond donors (Lipinski definition) is 3. The first-order chi connectivity index (χ1) is 18.4. The summed E-state index contributed by atoms with van der Waals surface area (Å²) in [4.78, 5) is 38.5. The highest BCUT2D eigenvalue weighted by Gasteiger charge is 2.21. The van der Waals surface area contributed by atoms with E-state index in [1.165, 1.54) is 6.20 Å². The maximum atomic E-state index is 14.3. The minimum Gasteiger partial charge on any atom is -0.481 e. The Morgan fingerprint density at radius 3 is 2.58 bits per heavy atom. The molecule has 0 aliphatic heterocycles. The number of fused-ring (bicyclic) bond motifs is 1. The lowest BCUT2D eigenvalue weighted by Crippen LogP contribution is -2.26. The largest absolute Gasteiger partial charge is 0.481 e. The Morgan fingerprint density at radius 1 is 1.05 bits per heavy atom. The predicted octanol–water partition coefficient (Wildman–Crippen LogP) is 3.71. The van der Waals surface area contributed by atoms with Crippen LogP contribution in [0.2, 0.25) is 0 Å². The summed E-state index contributed by atoms with van der Waals surface area (Å²) in [6.07, 6.45) is 2.92. The van der Waals surface area contributed by atoms with E-state index < -0.39 is 11.9 Å². The van der Waals surface area contributed by atoms with E-state index in [-0.39, 0.29) is 22.9 Å². The fourth-order valence-corrected chi connectivity index (χ4v) is 4.44. The van der Waals surface area contributed by atoms with Crippen LogP contribution in [-0.4, -0.2) is 32.5 Å². The van der Waals surface area contributed by atoms with Crippen LogP contribution in [0.3, 0.4) is 0 Å². The monoisotopic (exact) mass is 507 g/mol. The van der Waals surface area contributed by atoms with Gasteiger partial charge in [0.2, 0.25) is 11.8 Å². The predicted molar refractivity (Wildman–Crippen MR) is 146 cm³/mol. The van der Waals surface area contributed by atoms with Gasteiger partial charge in [-0.05, 0) is 47.7 Å². The first-order valence-electron chi connectivity index (χ1n) is 11.8. The number of amides is 1. The quantitative estimate of drug-likeness (QED) is 0.302. The summed E-state index contributed by atoms with van der Waals surface area (Å²) in [5.41, 5.74) is 14.1. The minimum atomic E-state index is -0.698. The van der Waals surface area contributed by atoms with E-state index in [1.807, 2.05) is 67.6 Å². The number of carbonyl (C=O) groups excluding carboxylic acids is 1. The van der Waals surface area contributed by atoms with E-state index in [1.54, 1.807) is 23.9 Å². The molecular formula is C28H25N7O3. The number of primary amides is 1. The van der Waals surface area contributed by atoms with E-state index >= 15 is 0 Å². The molecule has 3 heterocycles. The van der Waals surface area contributed by atoms with Gasteiger partial charge in [0, 0.05) is 29.8 Å². The van der Waals surface area contributed by atoms with Gasteiger partial charge < -0.3 is 21.5 Å². The number of pyridine rings is 2. The number of ether oxygens (including phenoxy) is 1. The second-order valence-corrected chi connectivity index (χ2v) is 8.62. The van der Waals surface area contributed by atoms with Crippen molar-refractivity contribution in [3.63, 3.8) is 0 Å². The van der Waals surface area contributed by atoms with Gasteiger partial charge in [-0.25, -0.2) is 9.97 Å². The number of nitrogens with zero attached hydrogens (tertiary/aromatic N) is 4. The average molecular weight is 508 g/mol. The maximum absolute atomic E-state index is 14.3. The van der Waals surface area contributed by atoms with Gasteiger partial charge in [0.1, 0.15) is 5.82 Å². The number of methoxy groups -OCH3 is 1. The van der Waals surface area contributed by atoms with Crippen molar-refractivity contribution in [3.05, 3.63) is 101 Å². The van der Waals surface area contributed by atoms with Crippen molar-refractivity contribution in [2.24, 2.45) is 5.73 Å². The Balaban J connectivity index is 1.74. The first-order valence-corrected chi connectivity index (χ1v) is 11.8. The van der Waals surface area contributed by atoms with Crippen molar-refractivity contribution in [2.75, 3.05) is 18.2 Å². The molecule has 0 aliphatic rings. The van der Waals surface area contributed by atoms with E-state index in [9.17, 15) is 9.59 Å². The number of nitrogens with one attached hydrogen (secondary N) is 1. The molecule has 2 aromatic carbocycles. The molecule has 0 spiro atoms. The number of aromatic nitrogens is 4. The Bertz CT molecular complexity index is 1720. The standard InChI is InChI=1S/C28H25N7O3/c1-16(33-26-21(25(29)36)15-32-28(30)34-26)22-13-18-7-6-10-20(17-11-12-31-23(14-17)38-2)24(18)27(37)35(22)19-8-4-3-5-9-19/h3-16H,1-2H3,(H2,29,36)(H3,30,32,33,34). The van der Waals surface area contributed by atoms with Gasteiger partial charge in [-0.3, -0.25) is 14.2 Å². The van der Waals surface area contributed by atoms with Gasteiger partial charge >= 0.3 is 0 Å². The molecular weight excluding hydrogens is 482 g/mol. The summed E-state index contributed by atoms with van der Waals surface area (Å²) in [6, 6.07) is 20.1. The fraction of sp³-hybridized carbons (Fsp3) is 0.107. The molecule has 190 valence electrons. The Hall–Kier alpha value is -5.25. The molecule has 0 saturated carbocycles. The zero-order chi connectivity index (χ0) is 26.8. The van der Waals surface area contributed by atoms with Crippen LogP contribution in [-0.2, 0) is 0 Å². The van der Waals surface area contributed by atoms with Gasteiger partial charge in [0.05, 0.1) is 24.1 Å². The van der Waals surface area contributed by atoms with Gasteiger partial charge in [-0.15, -0.1) is 0 Å². The van der Waals surface area contributed by atoms with E-state index in [4.69, 9.17) is 16.2 Å². The Labute approximate surface area is 217 Å². The highest BCUT2D eigenvalue weighted by molar-refractivity contribution is 5.98. The average Bonchev–Trinajstić information content (AvgIpc) is 2.93. The van der Waals surface area contributed by atoms with Crippen molar-refractivity contribution >= 4 is 28.4 Å². The van der Waals surface area contributed by atoms with Crippen molar-refractivity contribution in [1.82, 2.24) is 19.5 Å². The van der Waals surface area contributed by atoms with Crippen LogP contribution in [0, 0.1) is 0 Å². The highest BCUT2D eigenvalue weighted by atomic mass is 16.5. The number of para-hydroxylation sites is 1. The summed E-state index contributed by atoms with van der Waals surface area (Å²) in [6.45, 7) is 1.86. The number of anilines is 2. The van der Waals surface area contributed by atoms with Crippen molar-refractivity contribution < 1.29 is 9.53 Å². The van der Waals surface area contributed by atoms with Crippen LogP contribution >= 0.6 is 0 Å². The Kier molecular flexibility index (Phi) is 6.44. The van der Waals surface area contributed by atoms with Crippen LogP contribution in [0.4, 0.5) is 11.8 Å². The first kappa shape index (κ1) is 24.4. The maximum Gasteiger partial charge on any atom is 0.263 e. The topological polar surface area (TPSA) is 151 Å². The molecule has 0 aliphatic carbocycles. The smallest absolute Gasteiger partial charge is 0.263 e. The lowest BCUT2D eigenvalue weighted by atomic mass is 9.98. The van der Waals surface area contributed by atoms with Gasteiger partial charge in [-0.2, -0.15) is 4.98 Å². The van der Waals surface area contributed by atoms with Crippen LogP contribution < -0.4 is 27.1 Å². The van der Waals surface area contributed by atoms with E-state index in [0.29, 0.717) is 22.6 Å². The van der Waals surface area contributed by atoms with E-state index in [2.05, 4.69) is 20.3 Å². The number of rotatable bonds is 7. The zero-order valence-electron chi connectivity index (χ0n) is 20.8. The highest BCUT2D eigenvalue weighted by Crippen LogP contribution is 2.31.